The summed E-state index contributed by atoms with van der Waals surface area (Å²) >= 11 is 6.26. The molecule has 0 saturated carbocycles. The van der Waals surface area contributed by atoms with Gasteiger partial charge in [0.1, 0.15) is 11.6 Å². The lowest BCUT2D eigenvalue weighted by Gasteiger charge is -2.27. The van der Waals surface area contributed by atoms with Gasteiger partial charge in [-0.15, -0.1) is 0 Å². The Morgan fingerprint density at radius 3 is 2.50 bits per heavy atom. The molecule has 3 aromatic rings. The minimum absolute atomic E-state index is 0.0200. The molecule has 2 aliphatic rings. The van der Waals surface area contributed by atoms with Crippen LogP contribution in [0.4, 0.5) is 43.8 Å². The topological polar surface area (TPSA) is 93.7 Å². The maximum Gasteiger partial charge on any atom is 0.423 e. The SMILES string of the molecule is CNc1cc(NC(=O)N2C[C@](O)(C(F)(F)F)c3cc(F)ccc32)c2c(c1)C(=O)NC2c1cc(F)ccc1Cl. The molecular formula is C25H18ClF5N4O3. The van der Waals surface area contributed by atoms with Gasteiger partial charge in [-0.3, -0.25) is 9.69 Å². The molecule has 2 aliphatic heterocycles. The zero-order valence-corrected chi connectivity index (χ0v) is 20.1. The number of hydrogen-bond donors (Lipinski definition) is 4. The molecule has 0 radical (unpaired) electrons. The first-order valence-electron chi connectivity index (χ1n) is 11.1. The lowest BCUT2D eigenvalue weighted by Crippen LogP contribution is -2.48. The number of amides is 3. The van der Waals surface area contributed by atoms with Gasteiger partial charge in [-0.25, -0.2) is 13.6 Å². The van der Waals surface area contributed by atoms with Gasteiger partial charge in [0.15, 0.2) is 0 Å². The van der Waals surface area contributed by atoms with Crippen molar-refractivity contribution in [2.45, 2.75) is 17.8 Å². The largest absolute Gasteiger partial charge is 0.423 e. The number of carbonyl (C=O) groups excluding carboxylic acids is 2. The van der Waals surface area contributed by atoms with E-state index >= 15 is 0 Å². The van der Waals surface area contributed by atoms with Gasteiger partial charge in [0.05, 0.1) is 24.0 Å². The fraction of sp³-hybridized carbons (Fsp3) is 0.200. The molecule has 4 N–H and O–H groups in total. The number of halogens is 6. The maximum absolute atomic E-state index is 14.0. The van der Waals surface area contributed by atoms with E-state index in [4.69, 9.17) is 11.6 Å². The highest BCUT2D eigenvalue weighted by atomic mass is 35.5. The Balaban J connectivity index is 1.59. The van der Waals surface area contributed by atoms with Crippen molar-refractivity contribution in [3.63, 3.8) is 0 Å². The first kappa shape index (κ1) is 25.7. The highest BCUT2D eigenvalue weighted by molar-refractivity contribution is 6.31. The number of nitrogens with one attached hydrogen (secondary N) is 3. The Hall–Kier alpha value is -3.90. The Morgan fingerprint density at radius 1 is 1.13 bits per heavy atom. The van der Waals surface area contributed by atoms with Crippen molar-refractivity contribution < 1.29 is 36.6 Å². The van der Waals surface area contributed by atoms with Crippen molar-refractivity contribution in [3.8, 4) is 0 Å². The molecule has 0 bridgehead atoms. The predicted molar refractivity (Wildman–Crippen MR) is 129 cm³/mol. The first-order chi connectivity index (χ1) is 17.8. The van der Waals surface area contributed by atoms with Crippen LogP contribution in [-0.2, 0) is 5.60 Å². The van der Waals surface area contributed by atoms with E-state index in [9.17, 15) is 36.6 Å². The molecule has 0 spiro atoms. The van der Waals surface area contributed by atoms with Gasteiger partial charge >= 0.3 is 12.2 Å². The van der Waals surface area contributed by atoms with E-state index in [2.05, 4.69) is 16.0 Å². The molecule has 3 amide bonds. The Labute approximate surface area is 217 Å². The van der Waals surface area contributed by atoms with Gasteiger partial charge in [-0.1, -0.05) is 11.6 Å². The van der Waals surface area contributed by atoms with E-state index in [1.807, 2.05) is 0 Å². The van der Waals surface area contributed by atoms with Gasteiger partial charge in [-0.05, 0) is 48.5 Å². The molecule has 0 fully saturated rings. The number of alkyl halides is 3. The van der Waals surface area contributed by atoms with Crippen LogP contribution in [0.5, 0.6) is 0 Å². The number of rotatable bonds is 3. The molecule has 13 heteroatoms. The van der Waals surface area contributed by atoms with E-state index in [1.54, 1.807) is 7.05 Å². The summed E-state index contributed by atoms with van der Waals surface area (Å²) in [5, 5.41) is 18.6. The summed E-state index contributed by atoms with van der Waals surface area (Å²) in [5.41, 5.74) is -3.74. The lowest BCUT2D eigenvalue weighted by atomic mass is 9.95. The average Bonchev–Trinajstić information content (AvgIpc) is 3.35. The third kappa shape index (κ3) is 4.00. The standard InChI is InChI=1S/C25H18ClF5N4O3/c1-32-13-8-15-20(21(34-22(15)36)14-6-11(27)2-4-17(14)26)18(9-13)33-23(37)35-10-24(38,25(29,30)31)16-7-12(28)3-5-19(16)35/h2-9,21,32,38H,10H2,1H3,(H,33,37)(H,34,36)/t21?,24-/m1/s1. The van der Waals surface area contributed by atoms with E-state index < -0.39 is 53.5 Å². The summed E-state index contributed by atoms with van der Waals surface area (Å²) in [4.78, 5) is 26.8. The second kappa shape index (κ2) is 8.84. The van der Waals surface area contributed by atoms with Crippen molar-refractivity contribution in [2.24, 2.45) is 0 Å². The van der Waals surface area contributed by atoms with Crippen LogP contribution in [0.15, 0.2) is 48.5 Å². The minimum Gasteiger partial charge on any atom is -0.388 e. The number of hydrogen-bond acceptors (Lipinski definition) is 4. The van der Waals surface area contributed by atoms with Crippen LogP contribution in [0.1, 0.15) is 33.1 Å². The molecule has 198 valence electrons. The number of β-amino-alcohol motifs (C(OH)–C–C–N with tert-alkyl or cyclic N) is 1. The smallest absolute Gasteiger partial charge is 0.388 e. The zero-order valence-electron chi connectivity index (χ0n) is 19.4. The Morgan fingerprint density at radius 2 is 1.82 bits per heavy atom. The van der Waals surface area contributed by atoms with Gasteiger partial charge in [-0.2, -0.15) is 13.2 Å². The number of nitrogens with zero attached hydrogens (tertiary/aromatic N) is 1. The molecule has 2 heterocycles. The first-order valence-corrected chi connectivity index (χ1v) is 11.5. The van der Waals surface area contributed by atoms with Crippen molar-refractivity contribution in [1.82, 2.24) is 5.32 Å². The lowest BCUT2D eigenvalue weighted by molar-refractivity contribution is -0.258. The van der Waals surface area contributed by atoms with Crippen LogP contribution in [0.3, 0.4) is 0 Å². The monoisotopic (exact) mass is 552 g/mol. The fourth-order valence-corrected chi connectivity index (χ4v) is 4.96. The van der Waals surface area contributed by atoms with Crippen LogP contribution in [0.2, 0.25) is 5.02 Å². The minimum atomic E-state index is -5.21. The summed E-state index contributed by atoms with van der Waals surface area (Å²) in [5.74, 6) is -2.20. The van der Waals surface area contributed by atoms with E-state index in [0.717, 1.165) is 24.3 Å². The number of fused-ring (bicyclic) bond motifs is 2. The van der Waals surface area contributed by atoms with Crippen LogP contribution in [0, 0.1) is 11.6 Å². The summed E-state index contributed by atoms with van der Waals surface area (Å²) in [6.45, 7) is -1.23. The molecule has 7 nitrogen and oxygen atoms in total. The number of aliphatic hydroxyl groups is 1. The van der Waals surface area contributed by atoms with Gasteiger partial charge < -0.3 is 21.1 Å². The fourth-order valence-electron chi connectivity index (χ4n) is 4.73. The highest BCUT2D eigenvalue weighted by Gasteiger charge is 2.61. The number of anilines is 3. The van der Waals surface area contributed by atoms with Crippen molar-refractivity contribution in [3.05, 3.63) is 87.4 Å². The molecule has 5 rings (SSSR count). The number of urea groups is 1. The van der Waals surface area contributed by atoms with Gasteiger partial charge in [0.2, 0.25) is 5.60 Å². The van der Waals surface area contributed by atoms with Crippen molar-refractivity contribution in [2.75, 3.05) is 29.1 Å². The zero-order chi connectivity index (χ0) is 27.6. The summed E-state index contributed by atoms with van der Waals surface area (Å²) in [7, 11) is 1.55. The molecule has 0 saturated heterocycles. The third-order valence-corrected chi connectivity index (χ3v) is 6.93. The molecule has 2 atom stereocenters. The van der Waals surface area contributed by atoms with Crippen LogP contribution in [-0.4, -0.2) is 36.8 Å². The summed E-state index contributed by atoms with van der Waals surface area (Å²) in [6.07, 6.45) is -5.21. The van der Waals surface area contributed by atoms with Gasteiger partial charge in [0.25, 0.3) is 5.91 Å². The highest BCUT2D eigenvalue weighted by Crippen LogP contribution is 2.49. The molecule has 3 aromatic carbocycles. The molecule has 38 heavy (non-hydrogen) atoms. The molecule has 0 aliphatic carbocycles. The van der Waals surface area contributed by atoms with E-state index in [0.29, 0.717) is 16.7 Å². The molecule has 1 unspecified atom stereocenters. The Kier molecular flexibility index (Phi) is 5.99. The van der Waals surface area contributed by atoms with E-state index in [-0.39, 0.29) is 33.1 Å². The number of carbonyl (C=O) groups is 2. The van der Waals surface area contributed by atoms with E-state index in [1.165, 1.54) is 18.2 Å². The normalized spacial score (nSPS) is 20.2. The third-order valence-electron chi connectivity index (χ3n) is 6.58. The maximum atomic E-state index is 14.0. The van der Waals surface area contributed by atoms with Crippen LogP contribution in [0.25, 0.3) is 0 Å². The molecule has 0 aromatic heterocycles. The Bertz CT molecular complexity index is 1500. The van der Waals surface area contributed by atoms with Crippen LogP contribution < -0.4 is 20.9 Å². The van der Waals surface area contributed by atoms with Crippen molar-refractivity contribution in [1.29, 1.82) is 0 Å². The summed E-state index contributed by atoms with van der Waals surface area (Å²) in [6, 6.07) is 6.76. The summed E-state index contributed by atoms with van der Waals surface area (Å²) < 4.78 is 69.3. The number of benzene rings is 3. The molecular weight excluding hydrogens is 535 g/mol. The predicted octanol–water partition coefficient (Wildman–Crippen LogP) is 5.29. The second-order valence-electron chi connectivity index (χ2n) is 8.84. The van der Waals surface area contributed by atoms with Gasteiger partial charge in [0, 0.05) is 40.0 Å². The average molecular weight is 553 g/mol. The van der Waals surface area contributed by atoms with Crippen molar-refractivity contribution >= 4 is 40.6 Å². The second-order valence-corrected chi connectivity index (χ2v) is 9.25. The van der Waals surface area contributed by atoms with Crippen LogP contribution >= 0.6 is 11.6 Å². The quantitative estimate of drug-likeness (QED) is 0.332.